The van der Waals surface area contributed by atoms with E-state index in [1.165, 1.54) is 28.7 Å². The molecule has 1 aliphatic heterocycles. The third-order valence-electron chi connectivity index (χ3n) is 5.18. The first-order chi connectivity index (χ1) is 15.5. The van der Waals surface area contributed by atoms with Crippen LogP contribution in [-0.4, -0.2) is 31.6 Å². The Hall–Kier alpha value is -2.88. The molecule has 1 N–H and O–H groups in total. The largest absolute Gasteiger partial charge is 0.311 e. The molecule has 0 atom stereocenters. The highest BCUT2D eigenvalue weighted by Gasteiger charge is 2.24. The Morgan fingerprint density at radius 2 is 1.84 bits per heavy atom. The minimum atomic E-state index is -3.65. The number of nitrogens with one attached hydrogen (secondary N) is 1. The van der Waals surface area contributed by atoms with Gasteiger partial charge in [-0.05, 0) is 48.4 Å². The molecule has 4 aromatic rings. The molecular weight excluding hydrogens is 462 g/mol. The summed E-state index contributed by atoms with van der Waals surface area (Å²) in [6.45, 7) is 0.712. The van der Waals surface area contributed by atoms with Crippen LogP contribution in [0.5, 0.6) is 0 Å². The van der Waals surface area contributed by atoms with E-state index in [9.17, 15) is 13.2 Å². The van der Waals surface area contributed by atoms with Crippen LogP contribution < -0.4 is 9.62 Å². The van der Waals surface area contributed by atoms with E-state index in [4.69, 9.17) is 0 Å². The Morgan fingerprint density at radius 1 is 1.06 bits per heavy atom. The van der Waals surface area contributed by atoms with Crippen molar-refractivity contribution in [1.82, 2.24) is 4.98 Å². The minimum absolute atomic E-state index is 0.0653. The molecule has 0 spiro atoms. The highest BCUT2D eigenvalue weighted by Crippen LogP contribution is 2.33. The first kappa shape index (κ1) is 21.0. The fraction of sp³-hybridized carbons (Fsp3) is 0.130. The minimum Gasteiger partial charge on any atom is -0.311 e. The standard InChI is InChI=1S/C23H19N3O3S3/c27-22(26-13-12-16-6-4-5-9-20(16)26)15-30-23-24-19-11-10-17(14-21(19)31-23)25-32(28,29)18-7-2-1-3-8-18/h1-11,14,25H,12-13,15H2. The van der Waals surface area contributed by atoms with Gasteiger partial charge in [0.2, 0.25) is 5.91 Å². The van der Waals surface area contributed by atoms with Crippen LogP contribution >= 0.6 is 23.1 Å². The van der Waals surface area contributed by atoms with Crippen molar-refractivity contribution >= 4 is 60.6 Å². The van der Waals surface area contributed by atoms with Gasteiger partial charge < -0.3 is 4.90 Å². The second-order valence-corrected chi connectivity index (χ2v) is 11.2. The Labute approximate surface area is 194 Å². The number of rotatable bonds is 6. The van der Waals surface area contributed by atoms with Crippen LogP contribution in [0, 0.1) is 0 Å². The maximum absolute atomic E-state index is 12.7. The average Bonchev–Trinajstić information content (AvgIpc) is 3.41. The molecule has 0 saturated heterocycles. The van der Waals surface area contributed by atoms with Crippen molar-refractivity contribution in [2.75, 3.05) is 21.9 Å². The number of carbonyl (C=O) groups excluding carboxylic acids is 1. The molecule has 32 heavy (non-hydrogen) atoms. The van der Waals surface area contributed by atoms with Crippen LogP contribution in [0.15, 0.2) is 82.0 Å². The predicted molar refractivity (Wildman–Crippen MR) is 130 cm³/mol. The molecule has 0 unspecified atom stereocenters. The highest BCUT2D eigenvalue weighted by atomic mass is 32.2. The van der Waals surface area contributed by atoms with Crippen molar-refractivity contribution in [1.29, 1.82) is 0 Å². The topological polar surface area (TPSA) is 79.4 Å². The number of para-hydroxylation sites is 1. The van der Waals surface area contributed by atoms with Gasteiger partial charge in [-0.2, -0.15) is 0 Å². The van der Waals surface area contributed by atoms with Crippen molar-refractivity contribution in [2.24, 2.45) is 0 Å². The molecule has 1 aliphatic rings. The molecule has 0 radical (unpaired) electrons. The zero-order valence-electron chi connectivity index (χ0n) is 16.9. The van der Waals surface area contributed by atoms with E-state index in [1.54, 1.807) is 48.5 Å². The summed E-state index contributed by atoms with van der Waals surface area (Å²) < 4.78 is 29.4. The van der Waals surface area contributed by atoms with E-state index in [1.807, 2.05) is 23.1 Å². The molecule has 0 saturated carbocycles. The van der Waals surface area contributed by atoms with Gasteiger partial charge in [0, 0.05) is 12.2 Å². The van der Waals surface area contributed by atoms with Gasteiger partial charge in [0.15, 0.2) is 4.34 Å². The van der Waals surface area contributed by atoms with Gasteiger partial charge in [0.1, 0.15) is 0 Å². The molecule has 5 rings (SSSR count). The van der Waals surface area contributed by atoms with Crippen molar-refractivity contribution in [2.45, 2.75) is 15.7 Å². The van der Waals surface area contributed by atoms with E-state index in [2.05, 4.69) is 15.8 Å². The number of carbonyl (C=O) groups is 1. The molecule has 9 heteroatoms. The molecule has 0 fully saturated rings. The van der Waals surface area contributed by atoms with E-state index >= 15 is 0 Å². The third-order valence-corrected chi connectivity index (χ3v) is 8.72. The molecule has 0 aliphatic carbocycles. The number of fused-ring (bicyclic) bond motifs is 2. The van der Waals surface area contributed by atoms with Gasteiger partial charge in [-0.3, -0.25) is 9.52 Å². The Morgan fingerprint density at radius 3 is 2.69 bits per heavy atom. The van der Waals surface area contributed by atoms with Gasteiger partial charge in [-0.25, -0.2) is 13.4 Å². The van der Waals surface area contributed by atoms with Crippen LogP contribution in [0.25, 0.3) is 10.2 Å². The first-order valence-corrected chi connectivity index (χ1v) is 13.3. The smallest absolute Gasteiger partial charge is 0.261 e. The second kappa shape index (κ2) is 8.57. The van der Waals surface area contributed by atoms with E-state index in [0.29, 0.717) is 18.0 Å². The van der Waals surface area contributed by atoms with Crippen LogP contribution in [0.2, 0.25) is 0 Å². The van der Waals surface area contributed by atoms with Crippen LogP contribution in [0.3, 0.4) is 0 Å². The lowest BCUT2D eigenvalue weighted by Crippen LogP contribution is -2.30. The third kappa shape index (κ3) is 4.23. The predicted octanol–water partition coefficient (Wildman–Crippen LogP) is 4.78. The number of nitrogens with zero attached hydrogens (tertiary/aromatic N) is 2. The molecule has 2 heterocycles. The summed E-state index contributed by atoms with van der Waals surface area (Å²) >= 11 is 2.86. The molecular formula is C23H19N3O3S3. The number of amides is 1. The summed E-state index contributed by atoms with van der Waals surface area (Å²) in [4.78, 5) is 19.4. The molecule has 3 aromatic carbocycles. The van der Waals surface area contributed by atoms with Gasteiger partial charge >= 0.3 is 0 Å². The zero-order chi connectivity index (χ0) is 22.1. The summed E-state index contributed by atoms with van der Waals surface area (Å²) in [5.41, 5.74) is 3.46. The normalized spacial score (nSPS) is 13.3. The fourth-order valence-corrected chi connectivity index (χ4v) is 6.70. The summed E-state index contributed by atoms with van der Waals surface area (Å²) in [7, 11) is -3.65. The van der Waals surface area contributed by atoms with Crippen molar-refractivity contribution in [3.05, 3.63) is 78.4 Å². The number of thiazole rings is 1. The van der Waals surface area contributed by atoms with Crippen LogP contribution in [-0.2, 0) is 21.2 Å². The molecule has 0 bridgehead atoms. The number of aromatic nitrogens is 1. The van der Waals surface area contributed by atoms with Gasteiger partial charge in [0.25, 0.3) is 10.0 Å². The summed E-state index contributed by atoms with van der Waals surface area (Å²) in [5.74, 6) is 0.372. The number of anilines is 2. The SMILES string of the molecule is O=C(CSc1nc2ccc(NS(=O)(=O)c3ccccc3)cc2s1)N1CCc2ccccc21. The number of hydrogen-bond donors (Lipinski definition) is 1. The molecule has 6 nitrogen and oxygen atoms in total. The zero-order valence-corrected chi connectivity index (χ0v) is 19.3. The highest BCUT2D eigenvalue weighted by molar-refractivity contribution is 8.01. The van der Waals surface area contributed by atoms with E-state index in [0.717, 1.165) is 26.7 Å². The lowest BCUT2D eigenvalue weighted by molar-refractivity contribution is -0.116. The fourth-order valence-electron chi connectivity index (χ4n) is 3.64. The molecule has 1 amide bonds. The molecule has 162 valence electrons. The number of thioether (sulfide) groups is 1. The van der Waals surface area contributed by atoms with Crippen molar-refractivity contribution in [3.63, 3.8) is 0 Å². The van der Waals surface area contributed by atoms with Gasteiger partial charge in [-0.1, -0.05) is 48.2 Å². The maximum Gasteiger partial charge on any atom is 0.261 e. The Kier molecular flexibility index (Phi) is 5.62. The lowest BCUT2D eigenvalue weighted by atomic mass is 10.2. The quantitative estimate of drug-likeness (QED) is 0.401. The van der Waals surface area contributed by atoms with Crippen molar-refractivity contribution < 1.29 is 13.2 Å². The number of benzene rings is 3. The van der Waals surface area contributed by atoms with Crippen LogP contribution in [0.1, 0.15) is 5.56 Å². The summed E-state index contributed by atoms with van der Waals surface area (Å²) in [6, 6.07) is 21.5. The monoisotopic (exact) mass is 481 g/mol. The average molecular weight is 482 g/mol. The van der Waals surface area contributed by atoms with Gasteiger partial charge in [0.05, 0.1) is 26.6 Å². The Balaban J connectivity index is 1.28. The van der Waals surface area contributed by atoms with E-state index < -0.39 is 10.0 Å². The summed E-state index contributed by atoms with van der Waals surface area (Å²) in [6.07, 6.45) is 0.884. The van der Waals surface area contributed by atoms with E-state index in [-0.39, 0.29) is 10.8 Å². The first-order valence-electron chi connectivity index (χ1n) is 9.99. The lowest BCUT2D eigenvalue weighted by Gasteiger charge is -2.16. The second-order valence-electron chi connectivity index (χ2n) is 7.29. The van der Waals surface area contributed by atoms with Crippen LogP contribution in [0.4, 0.5) is 11.4 Å². The van der Waals surface area contributed by atoms with Gasteiger partial charge in [-0.15, -0.1) is 11.3 Å². The summed E-state index contributed by atoms with van der Waals surface area (Å²) in [5, 5.41) is 0. The number of hydrogen-bond acceptors (Lipinski definition) is 6. The Bertz CT molecular complexity index is 1400. The maximum atomic E-state index is 12.7. The van der Waals surface area contributed by atoms with Crippen molar-refractivity contribution in [3.8, 4) is 0 Å². The number of sulfonamides is 1. The molecule has 1 aromatic heterocycles.